The predicted octanol–water partition coefficient (Wildman–Crippen LogP) is 4.35. The van der Waals surface area contributed by atoms with Gasteiger partial charge in [0.15, 0.2) is 5.82 Å². The molecule has 3 heterocycles. The molecular weight excluding hydrogens is 433 g/mol. The van der Waals surface area contributed by atoms with Crippen molar-refractivity contribution < 1.29 is 18.0 Å². The maximum Gasteiger partial charge on any atom is 0.417 e. The van der Waals surface area contributed by atoms with Crippen molar-refractivity contribution in [2.75, 3.05) is 0 Å². The summed E-state index contributed by atoms with van der Waals surface area (Å²) in [6.07, 6.45) is -2.34. The highest BCUT2D eigenvalue weighted by Gasteiger charge is 2.30. The number of aromatic nitrogens is 3. The van der Waals surface area contributed by atoms with Crippen LogP contribution in [0.5, 0.6) is 0 Å². The molecule has 0 atom stereocenters. The minimum atomic E-state index is -4.45. The van der Waals surface area contributed by atoms with Gasteiger partial charge in [-0.2, -0.15) is 18.3 Å². The molecule has 1 N–H and O–H groups in total. The number of nitrogens with one attached hydrogen (secondary N) is 1. The molecule has 0 saturated carbocycles. The van der Waals surface area contributed by atoms with E-state index in [1.54, 1.807) is 6.92 Å². The normalized spacial score (nSPS) is 11.6. The Labute approximate surface area is 159 Å². The molecule has 0 saturated heterocycles. The van der Waals surface area contributed by atoms with Gasteiger partial charge in [0.2, 0.25) is 0 Å². The Morgan fingerprint density at radius 3 is 2.62 bits per heavy atom. The Kier molecular flexibility index (Phi) is 5.15. The van der Waals surface area contributed by atoms with Gasteiger partial charge < -0.3 is 5.32 Å². The molecule has 0 aliphatic carbocycles. The molecule has 3 aromatic heterocycles. The van der Waals surface area contributed by atoms with Gasteiger partial charge in [0, 0.05) is 11.1 Å². The zero-order chi connectivity index (χ0) is 18.9. The summed E-state index contributed by atoms with van der Waals surface area (Å²) in [7, 11) is 0. The lowest BCUT2D eigenvalue weighted by atomic mass is 10.2. The quantitative estimate of drug-likeness (QED) is 0.650. The number of alkyl halides is 3. The first kappa shape index (κ1) is 18.6. The number of carbonyl (C=O) groups is 1. The summed E-state index contributed by atoms with van der Waals surface area (Å²) in [6.45, 7) is 2.03. The molecule has 0 unspecified atom stereocenters. The predicted molar refractivity (Wildman–Crippen MR) is 94.3 cm³/mol. The van der Waals surface area contributed by atoms with Crippen molar-refractivity contribution in [1.29, 1.82) is 0 Å². The molecule has 136 valence electrons. The highest BCUT2D eigenvalue weighted by atomic mass is 79.9. The van der Waals surface area contributed by atoms with Gasteiger partial charge in [0.05, 0.1) is 33.3 Å². The Morgan fingerprint density at radius 2 is 2.04 bits per heavy atom. The minimum absolute atomic E-state index is 0.205. The summed E-state index contributed by atoms with van der Waals surface area (Å²) >= 11 is 4.87. The van der Waals surface area contributed by atoms with Crippen molar-refractivity contribution in [3.05, 3.63) is 62.1 Å². The number of carbonyl (C=O) groups excluding carboxylic acids is 1. The Morgan fingerprint density at radius 1 is 1.27 bits per heavy atom. The fraction of sp³-hybridized carbons (Fsp3) is 0.188. The van der Waals surface area contributed by atoms with Crippen LogP contribution in [0.25, 0.3) is 5.82 Å². The summed E-state index contributed by atoms with van der Waals surface area (Å²) in [6, 6.07) is 5.94. The monoisotopic (exact) mass is 444 g/mol. The molecule has 3 aromatic rings. The Balaban J connectivity index is 1.75. The van der Waals surface area contributed by atoms with E-state index in [-0.39, 0.29) is 11.7 Å². The first-order valence-corrected chi connectivity index (χ1v) is 8.97. The largest absolute Gasteiger partial charge is 0.417 e. The number of hydrogen-bond acceptors (Lipinski definition) is 4. The smallest absolute Gasteiger partial charge is 0.347 e. The summed E-state index contributed by atoms with van der Waals surface area (Å²) in [5.41, 5.74) is -0.0180. The lowest BCUT2D eigenvalue weighted by Gasteiger charge is -2.08. The third kappa shape index (κ3) is 3.96. The zero-order valence-corrected chi connectivity index (χ0v) is 15.7. The maximum absolute atomic E-state index is 12.6. The van der Waals surface area contributed by atoms with Gasteiger partial charge in [-0.25, -0.2) is 9.67 Å². The first-order valence-electron chi connectivity index (χ1n) is 7.36. The van der Waals surface area contributed by atoms with Crippen LogP contribution in [0.15, 0.2) is 40.4 Å². The van der Waals surface area contributed by atoms with E-state index in [9.17, 15) is 18.0 Å². The molecule has 0 aliphatic heterocycles. The summed E-state index contributed by atoms with van der Waals surface area (Å²) in [5.74, 6) is -0.109. The van der Waals surface area contributed by atoms with Crippen molar-refractivity contribution in [2.45, 2.75) is 19.6 Å². The number of hydrogen-bond donors (Lipinski definition) is 1. The lowest BCUT2D eigenvalue weighted by molar-refractivity contribution is -0.137. The van der Waals surface area contributed by atoms with Crippen LogP contribution < -0.4 is 5.32 Å². The van der Waals surface area contributed by atoms with Crippen LogP contribution in [0.3, 0.4) is 0 Å². The Hall–Kier alpha value is -2.20. The number of amides is 1. The first-order chi connectivity index (χ1) is 12.3. The van der Waals surface area contributed by atoms with E-state index < -0.39 is 11.7 Å². The fourth-order valence-corrected chi connectivity index (χ4v) is 3.67. The highest BCUT2D eigenvalue weighted by molar-refractivity contribution is 9.11. The fourth-order valence-electron chi connectivity index (χ4n) is 2.25. The van der Waals surface area contributed by atoms with E-state index in [2.05, 4.69) is 31.3 Å². The zero-order valence-electron chi connectivity index (χ0n) is 13.3. The molecule has 0 aliphatic rings. The van der Waals surface area contributed by atoms with Gasteiger partial charge in [0.1, 0.15) is 0 Å². The lowest BCUT2D eigenvalue weighted by Crippen LogP contribution is -2.22. The standard InChI is InChI=1S/C16H12BrF3N4OS/c1-9-12(15(25)22-7-11-3-4-13(17)26-11)8-23-24(9)14-5-2-10(6-21-14)16(18,19)20/h2-6,8H,7H2,1H3,(H,22,25). The average molecular weight is 445 g/mol. The SMILES string of the molecule is Cc1c(C(=O)NCc2ccc(Br)s2)cnn1-c1ccc(C(F)(F)F)cn1. The van der Waals surface area contributed by atoms with Crippen molar-refractivity contribution in [2.24, 2.45) is 0 Å². The molecule has 0 fully saturated rings. The highest BCUT2D eigenvalue weighted by Crippen LogP contribution is 2.29. The van der Waals surface area contributed by atoms with E-state index >= 15 is 0 Å². The van der Waals surface area contributed by atoms with Crippen LogP contribution in [-0.4, -0.2) is 20.7 Å². The van der Waals surface area contributed by atoms with Crippen molar-refractivity contribution in [1.82, 2.24) is 20.1 Å². The minimum Gasteiger partial charge on any atom is -0.347 e. The second-order valence-corrected chi connectivity index (χ2v) is 7.89. The van der Waals surface area contributed by atoms with Crippen LogP contribution in [0.2, 0.25) is 0 Å². The topological polar surface area (TPSA) is 59.8 Å². The van der Waals surface area contributed by atoms with E-state index in [1.807, 2.05) is 12.1 Å². The van der Waals surface area contributed by atoms with E-state index in [0.29, 0.717) is 17.8 Å². The number of pyridine rings is 1. The van der Waals surface area contributed by atoms with E-state index in [1.165, 1.54) is 28.3 Å². The van der Waals surface area contributed by atoms with Crippen molar-refractivity contribution in [3.8, 4) is 5.82 Å². The van der Waals surface area contributed by atoms with Gasteiger partial charge in [-0.15, -0.1) is 11.3 Å². The average Bonchev–Trinajstić information content (AvgIpc) is 3.18. The van der Waals surface area contributed by atoms with Crippen LogP contribution in [0.1, 0.15) is 26.5 Å². The molecule has 1 amide bonds. The molecule has 0 aromatic carbocycles. The molecular formula is C16H12BrF3N4OS. The number of nitrogens with zero attached hydrogens (tertiary/aromatic N) is 3. The van der Waals surface area contributed by atoms with Crippen LogP contribution in [0.4, 0.5) is 13.2 Å². The second-order valence-electron chi connectivity index (χ2n) is 5.35. The van der Waals surface area contributed by atoms with E-state index in [0.717, 1.165) is 20.9 Å². The molecule has 5 nitrogen and oxygen atoms in total. The van der Waals surface area contributed by atoms with Gasteiger partial charge in [-0.3, -0.25) is 4.79 Å². The van der Waals surface area contributed by atoms with Gasteiger partial charge in [-0.1, -0.05) is 0 Å². The number of rotatable bonds is 4. The van der Waals surface area contributed by atoms with Crippen LogP contribution in [0, 0.1) is 6.92 Å². The van der Waals surface area contributed by atoms with Gasteiger partial charge in [0.25, 0.3) is 5.91 Å². The summed E-state index contributed by atoms with van der Waals surface area (Å²) in [4.78, 5) is 17.1. The molecule has 3 rings (SSSR count). The van der Waals surface area contributed by atoms with Gasteiger partial charge >= 0.3 is 6.18 Å². The number of thiophene rings is 1. The van der Waals surface area contributed by atoms with Crippen molar-refractivity contribution in [3.63, 3.8) is 0 Å². The molecule has 10 heteroatoms. The number of halogens is 4. The molecule has 0 spiro atoms. The Bertz CT molecular complexity index is 934. The third-order valence-electron chi connectivity index (χ3n) is 3.60. The summed E-state index contributed by atoms with van der Waals surface area (Å²) in [5, 5.41) is 6.86. The third-order valence-corrected chi connectivity index (χ3v) is 5.22. The second kappa shape index (κ2) is 7.20. The molecule has 0 bridgehead atoms. The van der Waals surface area contributed by atoms with Crippen LogP contribution >= 0.6 is 27.3 Å². The maximum atomic E-state index is 12.6. The molecule has 26 heavy (non-hydrogen) atoms. The van der Waals surface area contributed by atoms with Crippen molar-refractivity contribution >= 4 is 33.2 Å². The molecule has 0 radical (unpaired) electrons. The summed E-state index contributed by atoms with van der Waals surface area (Å²) < 4.78 is 40.2. The van der Waals surface area contributed by atoms with Gasteiger partial charge in [-0.05, 0) is 47.1 Å². The van der Waals surface area contributed by atoms with Crippen LogP contribution in [-0.2, 0) is 12.7 Å². The van der Waals surface area contributed by atoms with E-state index in [4.69, 9.17) is 0 Å².